The fourth-order valence-electron chi connectivity index (χ4n) is 2.00. The first-order chi connectivity index (χ1) is 10.9. The molecule has 2 N–H and O–H groups in total. The number of methoxy groups -OCH3 is 3. The predicted molar refractivity (Wildman–Crippen MR) is 86.3 cm³/mol. The Balaban J connectivity index is 2.74. The van der Waals surface area contributed by atoms with Crippen LogP contribution < -0.4 is 24.8 Å². The zero-order valence-corrected chi connectivity index (χ0v) is 14.2. The molecule has 0 radical (unpaired) electrons. The number of rotatable bonds is 8. The zero-order chi connectivity index (χ0) is 17.4. The van der Waals surface area contributed by atoms with Gasteiger partial charge in [0.1, 0.15) is 0 Å². The van der Waals surface area contributed by atoms with E-state index < -0.39 is 0 Å². The Morgan fingerprint density at radius 3 is 2.04 bits per heavy atom. The second kappa shape index (κ2) is 8.87. The van der Waals surface area contributed by atoms with Crippen molar-refractivity contribution in [3.8, 4) is 17.2 Å². The van der Waals surface area contributed by atoms with E-state index >= 15 is 0 Å². The van der Waals surface area contributed by atoms with Crippen LogP contribution >= 0.6 is 0 Å². The molecule has 128 valence electrons. The molecule has 23 heavy (non-hydrogen) atoms. The lowest BCUT2D eigenvalue weighted by Gasteiger charge is -2.14. The van der Waals surface area contributed by atoms with E-state index in [9.17, 15) is 9.59 Å². The van der Waals surface area contributed by atoms with Gasteiger partial charge >= 0.3 is 0 Å². The molecular formula is C16H24N2O5. The van der Waals surface area contributed by atoms with Crippen LogP contribution in [0, 0.1) is 0 Å². The predicted octanol–water partition coefficient (Wildman–Crippen LogP) is 1.36. The van der Waals surface area contributed by atoms with Crippen molar-refractivity contribution >= 4 is 11.8 Å². The summed E-state index contributed by atoms with van der Waals surface area (Å²) in [4.78, 5) is 23.7. The minimum atomic E-state index is -0.318. The minimum Gasteiger partial charge on any atom is -0.493 e. The molecule has 7 heteroatoms. The number of nitrogens with one attached hydrogen (secondary N) is 2. The molecule has 0 heterocycles. The third-order valence-electron chi connectivity index (χ3n) is 3.01. The number of carbonyl (C=O) groups is 2. The molecule has 0 unspecified atom stereocenters. The largest absolute Gasteiger partial charge is 0.493 e. The Kier molecular flexibility index (Phi) is 7.18. The van der Waals surface area contributed by atoms with Gasteiger partial charge in [-0.15, -0.1) is 0 Å². The van der Waals surface area contributed by atoms with Gasteiger partial charge < -0.3 is 24.8 Å². The van der Waals surface area contributed by atoms with Crippen LogP contribution in [0.4, 0.5) is 0 Å². The Labute approximate surface area is 136 Å². The van der Waals surface area contributed by atoms with Crippen molar-refractivity contribution in [3.05, 3.63) is 17.7 Å². The van der Waals surface area contributed by atoms with Crippen molar-refractivity contribution in [3.63, 3.8) is 0 Å². The molecule has 0 saturated carbocycles. The third kappa shape index (κ3) is 5.36. The molecular weight excluding hydrogens is 300 g/mol. The Bertz CT molecular complexity index is 532. The van der Waals surface area contributed by atoms with Crippen molar-refractivity contribution in [2.75, 3.05) is 27.9 Å². The molecule has 0 bridgehead atoms. The van der Waals surface area contributed by atoms with Gasteiger partial charge in [-0.05, 0) is 26.0 Å². The van der Waals surface area contributed by atoms with Crippen molar-refractivity contribution < 1.29 is 23.8 Å². The summed E-state index contributed by atoms with van der Waals surface area (Å²) in [5.74, 6) is 0.791. The van der Waals surface area contributed by atoms with Crippen LogP contribution in [0.1, 0.15) is 30.6 Å². The summed E-state index contributed by atoms with van der Waals surface area (Å²) in [5, 5.41) is 5.45. The lowest BCUT2D eigenvalue weighted by atomic mass is 10.1. The maximum Gasteiger partial charge on any atom is 0.251 e. The normalized spacial score (nSPS) is 10.2. The fraction of sp³-hybridized carbons (Fsp3) is 0.500. The van der Waals surface area contributed by atoms with E-state index in [1.165, 1.54) is 21.3 Å². The molecule has 0 aliphatic rings. The summed E-state index contributed by atoms with van der Waals surface area (Å²) >= 11 is 0. The second-order valence-corrected chi connectivity index (χ2v) is 5.14. The van der Waals surface area contributed by atoms with Crippen molar-refractivity contribution in [1.29, 1.82) is 0 Å². The first-order valence-corrected chi connectivity index (χ1v) is 7.30. The van der Waals surface area contributed by atoms with Crippen LogP contribution in [-0.2, 0) is 4.79 Å². The molecule has 0 spiro atoms. The molecule has 7 nitrogen and oxygen atoms in total. The molecule has 2 amide bonds. The lowest BCUT2D eigenvalue weighted by molar-refractivity contribution is -0.121. The summed E-state index contributed by atoms with van der Waals surface area (Å²) in [7, 11) is 4.46. The number of amides is 2. The van der Waals surface area contributed by atoms with E-state index in [-0.39, 0.29) is 30.8 Å². The standard InChI is InChI=1S/C16H24N2O5/c1-10(2)18-14(19)6-7-17-16(20)11-8-12(21-3)15(23-5)13(9-11)22-4/h8-10H,6-7H2,1-5H3,(H,17,20)(H,18,19). The first kappa shape index (κ1) is 18.6. The lowest BCUT2D eigenvalue weighted by Crippen LogP contribution is -2.34. The maximum atomic E-state index is 12.2. The van der Waals surface area contributed by atoms with Gasteiger partial charge in [0.2, 0.25) is 11.7 Å². The summed E-state index contributed by atoms with van der Waals surface area (Å²) in [6.45, 7) is 4.01. The number of carbonyl (C=O) groups excluding carboxylic acids is 2. The molecule has 0 saturated heterocycles. The highest BCUT2D eigenvalue weighted by Gasteiger charge is 2.17. The molecule has 1 aromatic carbocycles. The average molecular weight is 324 g/mol. The Morgan fingerprint density at radius 1 is 1.04 bits per heavy atom. The van der Waals surface area contributed by atoms with Crippen molar-refractivity contribution in [1.82, 2.24) is 10.6 Å². The number of ether oxygens (including phenoxy) is 3. The highest BCUT2D eigenvalue weighted by Crippen LogP contribution is 2.38. The van der Waals surface area contributed by atoms with E-state index in [4.69, 9.17) is 14.2 Å². The van der Waals surface area contributed by atoms with Gasteiger partial charge in [-0.3, -0.25) is 9.59 Å². The van der Waals surface area contributed by atoms with E-state index in [1.54, 1.807) is 12.1 Å². The summed E-state index contributed by atoms with van der Waals surface area (Å²) in [6.07, 6.45) is 0.217. The van der Waals surface area contributed by atoms with E-state index in [0.717, 1.165) is 0 Å². The van der Waals surface area contributed by atoms with E-state index in [1.807, 2.05) is 13.8 Å². The summed E-state index contributed by atoms with van der Waals surface area (Å²) in [6, 6.07) is 3.20. The Hall–Kier alpha value is -2.44. The smallest absolute Gasteiger partial charge is 0.251 e. The SMILES string of the molecule is COc1cc(C(=O)NCCC(=O)NC(C)C)cc(OC)c1OC. The quantitative estimate of drug-likeness (QED) is 0.754. The number of benzene rings is 1. The maximum absolute atomic E-state index is 12.2. The second-order valence-electron chi connectivity index (χ2n) is 5.14. The van der Waals surface area contributed by atoms with Gasteiger partial charge in [0.25, 0.3) is 5.91 Å². The van der Waals surface area contributed by atoms with Crippen LogP contribution in [0.3, 0.4) is 0 Å². The van der Waals surface area contributed by atoms with Gasteiger partial charge in [0, 0.05) is 24.6 Å². The first-order valence-electron chi connectivity index (χ1n) is 7.30. The molecule has 1 rings (SSSR count). The monoisotopic (exact) mass is 324 g/mol. The average Bonchev–Trinajstić information content (AvgIpc) is 2.52. The van der Waals surface area contributed by atoms with Gasteiger partial charge in [0.15, 0.2) is 11.5 Å². The molecule has 0 fully saturated rings. The Morgan fingerprint density at radius 2 is 1.61 bits per heavy atom. The van der Waals surface area contributed by atoms with Gasteiger partial charge in [0.05, 0.1) is 21.3 Å². The molecule has 0 aromatic heterocycles. The van der Waals surface area contributed by atoms with Crippen LogP contribution in [-0.4, -0.2) is 45.7 Å². The fourth-order valence-corrected chi connectivity index (χ4v) is 2.00. The van der Waals surface area contributed by atoms with Crippen molar-refractivity contribution in [2.24, 2.45) is 0 Å². The summed E-state index contributed by atoms with van der Waals surface area (Å²) in [5.41, 5.74) is 0.365. The van der Waals surface area contributed by atoms with Crippen LogP contribution in [0.2, 0.25) is 0 Å². The number of hydrogen-bond donors (Lipinski definition) is 2. The third-order valence-corrected chi connectivity index (χ3v) is 3.01. The van der Waals surface area contributed by atoms with Gasteiger partial charge in [-0.2, -0.15) is 0 Å². The molecule has 1 aromatic rings. The molecule has 0 aliphatic carbocycles. The van der Waals surface area contributed by atoms with E-state index in [2.05, 4.69) is 10.6 Å². The highest BCUT2D eigenvalue weighted by atomic mass is 16.5. The highest BCUT2D eigenvalue weighted by molar-refractivity contribution is 5.95. The topological polar surface area (TPSA) is 85.9 Å². The van der Waals surface area contributed by atoms with Crippen LogP contribution in [0.25, 0.3) is 0 Å². The molecule has 0 aliphatic heterocycles. The summed E-state index contributed by atoms with van der Waals surface area (Å²) < 4.78 is 15.6. The van der Waals surface area contributed by atoms with Crippen LogP contribution in [0.5, 0.6) is 17.2 Å². The van der Waals surface area contributed by atoms with Crippen molar-refractivity contribution in [2.45, 2.75) is 26.3 Å². The van der Waals surface area contributed by atoms with Gasteiger partial charge in [-0.1, -0.05) is 0 Å². The molecule has 0 atom stereocenters. The number of hydrogen-bond acceptors (Lipinski definition) is 5. The minimum absolute atomic E-state index is 0.0771. The zero-order valence-electron chi connectivity index (χ0n) is 14.2. The van der Waals surface area contributed by atoms with Crippen LogP contribution in [0.15, 0.2) is 12.1 Å². The van der Waals surface area contributed by atoms with Gasteiger partial charge in [-0.25, -0.2) is 0 Å². The van der Waals surface area contributed by atoms with E-state index in [0.29, 0.717) is 22.8 Å².